The number of nitrogens with zero attached hydrogens (tertiary/aromatic N) is 4. The summed E-state index contributed by atoms with van der Waals surface area (Å²) < 4.78 is 2.07. The van der Waals surface area contributed by atoms with Crippen molar-refractivity contribution in [2.75, 3.05) is 20.1 Å². The Balaban J connectivity index is 0.00000320. The van der Waals surface area contributed by atoms with E-state index in [4.69, 9.17) is 0 Å². The molecule has 1 aromatic heterocycles. The van der Waals surface area contributed by atoms with Gasteiger partial charge in [-0.05, 0) is 17.5 Å². The Kier molecular flexibility index (Phi) is 10.3. The Morgan fingerprint density at radius 1 is 0.967 bits per heavy atom. The lowest BCUT2D eigenvalue weighted by Gasteiger charge is -2.19. The number of benzene rings is 2. The number of hydrogen-bond acceptors (Lipinski definition) is 3. The van der Waals surface area contributed by atoms with Crippen molar-refractivity contribution in [3.05, 3.63) is 83.9 Å². The lowest BCUT2D eigenvalue weighted by atomic mass is 9.88. The molecule has 3 aromatic rings. The zero-order chi connectivity index (χ0) is 20.3. The van der Waals surface area contributed by atoms with Gasteiger partial charge in [0.2, 0.25) is 0 Å². The van der Waals surface area contributed by atoms with Crippen LogP contribution < -0.4 is 10.6 Å². The van der Waals surface area contributed by atoms with Gasteiger partial charge in [0, 0.05) is 39.0 Å². The Morgan fingerprint density at radius 2 is 1.57 bits per heavy atom. The van der Waals surface area contributed by atoms with Gasteiger partial charge in [-0.1, -0.05) is 67.6 Å². The van der Waals surface area contributed by atoms with Crippen molar-refractivity contribution in [2.24, 2.45) is 4.99 Å². The van der Waals surface area contributed by atoms with Crippen LogP contribution in [0.3, 0.4) is 0 Å². The highest BCUT2D eigenvalue weighted by molar-refractivity contribution is 14.0. The van der Waals surface area contributed by atoms with Gasteiger partial charge >= 0.3 is 0 Å². The number of halogens is 1. The fourth-order valence-corrected chi connectivity index (χ4v) is 3.49. The second-order valence-electron chi connectivity index (χ2n) is 6.88. The topological polar surface area (TPSA) is 67.1 Å². The lowest BCUT2D eigenvalue weighted by molar-refractivity contribution is 0.626. The van der Waals surface area contributed by atoms with Crippen molar-refractivity contribution < 1.29 is 0 Å². The first-order valence-corrected chi connectivity index (χ1v) is 10.2. The first kappa shape index (κ1) is 23.9. The van der Waals surface area contributed by atoms with Gasteiger partial charge in [-0.25, -0.2) is 0 Å². The molecule has 0 aliphatic heterocycles. The Hall–Kier alpha value is -2.42. The number of hydrogen-bond donors (Lipinski definition) is 2. The molecule has 0 saturated heterocycles. The molecule has 0 bridgehead atoms. The molecule has 1 heterocycles. The van der Waals surface area contributed by atoms with E-state index in [1.54, 1.807) is 13.4 Å². The molecule has 0 spiro atoms. The van der Waals surface area contributed by atoms with E-state index < -0.39 is 0 Å². The molecular weight excluding hydrogens is 487 g/mol. The molecule has 0 aliphatic carbocycles. The summed E-state index contributed by atoms with van der Waals surface area (Å²) in [6.45, 7) is 4.50. The van der Waals surface area contributed by atoms with E-state index in [1.807, 2.05) is 0 Å². The predicted octanol–water partition coefficient (Wildman–Crippen LogP) is 3.85. The zero-order valence-corrected chi connectivity index (χ0v) is 20.0. The number of guanidine groups is 1. The van der Waals surface area contributed by atoms with Gasteiger partial charge in [-0.15, -0.1) is 34.2 Å². The monoisotopic (exact) mass is 518 g/mol. The van der Waals surface area contributed by atoms with Crippen LogP contribution in [-0.2, 0) is 13.0 Å². The molecular formula is C23H31IN6. The second-order valence-corrected chi connectivity index (χ2v) is 6.88. The van der Waals surface area contributed by atoms with Gasteiger partial charge in [0.25, 0.3) is 0 Å². The van der Waals surface area contributed by atoms with Crippen LogP contribution >= 0.6 is 24.0 Å². The smallest absolute Gasteiger partial charge is 0.191 e. The minimum atomic E-state index is 0. The van der Waals surface area contributed by atoms with Crippen LogP contribution in [0.1, 0.15) is 36.2 Å². The van der Waals surface area contributed by atoms with Crippen molar-refractivity contribution in [2.45, 2.75) is 32.2 Å². The molecule has 6 nitrogen and oxygen atoms in total. The normalized spacial score (nSPS) is 11.2. The number of aromatic nitrogens is 3. The maximum atomic E-state index is 4.35. The van der Waals surface area contributed by atoms with Crippen molar-refractivity contribution in [3.8, 4) is 0 Å². The van der Waals surface area contributed by atoms with Gasteiger partial charge in [-0.3, -0.25) is 4.99 Å². The molecule has 0 aliphatic rings. The molecule has 0 atom stereocenters. The minimum Gasteiger partial charge on any atom is -0.356 e. The molecule has 0 amide bonds. The van der Waals surface area contributed by atoms with E-state index in [0.717, 1.165) is 44.3 Å². The number of rotatable bonds is 9. The highest BCUT2D eigenvalue weighted by Crippen LogP contribution is 2.27. The minimum absolute atomic E-state index is 0. The quantitative estimate of drug-likeness (QED) is 0.257. The van der Waals surface area contributed by atoms with Gasteiger partial charge < -0.3 is 15.2 Å². The standard InChI is InChI=1S/C23H30N6.HI/c1-3-22-28-27-18-29(22)17-16-26-23(24-2)25-15-14-21(19-10-6-4-7-11-19)20-12-8-5-9-13-20;/h4-13,18,21H,3,14-17H2,1-2H3,(H2,24,25,26);1H. The fraction of sp³-hybridized carbons (Fsp3) is 0.348. The van der Waals surface area contributed by atoms with Crippen LogP contribution in [0.2, 0.25) is 0 Å². The number of nitrogens with one attached hydrogen (secondary N) is 2. The maximum Gasteiger partial charge on any atom is 0.191 e. The second kappa shape index (κ2) is 13.0. The Bertz CT molecular complexity index is 839. The summed E-state index contributed by atoms with van der Waals surface area (Å²) >= 11 is 0. The zero-order valence-electron chi connectivity index (χ0n) is 17.7. The molecule has 30 heavy (non-hydrogen) atoms. The fourth-order valence-electron chi connectivity index (χ4n) is 3.49. The average molecular weight is 518 g/mol. The third-order valence-corrected chi connectivity index (χ3v) is 5.01. The maximum absolute atomic E-state index is 4.35. The van der Waals surface area contributed by atoms with E-state index in [9.17, 15) is 0 Å². The first-order valence-electron chi connectivity index (χ1n) is 10.2. The summed E-state index contributed by atoms with van der Waals surface area (Å²) in [7, 11) is 1.80. The third-order valence-electron chi connectivity index (χ3n) is 5.01. The largest absolute Gasteiger partial charge is 0.356 e. The van der Waals surface area contributed by atoms with E-state index in [2.05, 4.69) is 98.0 Å². The highest BCUT2D eigenvalue weighted by atomic mass is 127. The van der Waals surface area contributed by atoms with Gasteiger partial charge in [0.05, 0.1) is 0 Å². The summed E-state index contributed by atoms with van der Waals surface area (Å²) in [5, 5.41) is 14.9. The summed E-state index contributed by atoms with van der Waals surface area (Å²) in [4.78, 5) is 4.35. The van der Waals surface area contributed by atoms with Crippen LogP contribution in [0.4, 0.5) is 0 Å². The van der Waals surface area contributed by atoms with Crippen LogP contribution in [0.15, 0.2) is 72.0 Å². The molecule has 3 rings (SSSR count). The summed E-state index contributed by atoms with van der Waals surface area (Å²) in [5.74, 6) is 2.17. The summed E-state index contributed by atoms with van der Waals surface area (Å²) in [6.07, 6.45) is 3.65. The number of aliphatic imine (C=N–C) groups is 1. The van der Waals surface area contributed by atoms with Gasteiger partial charge in [0.1, 0.15) is 12.2 Å². The number of aryl methyl sites for hydroxylation is 1. The van der Waals surface area contributed by atoms with Gasteiger partial charge in [0.15, 0.2) is 5.96 Å². The van der Waals surface area contributed by atoms with E-state index in [0.29, 0.717) is 5.92 Å². The van der Waals surface area contributed by atoms with Crippen LogP contribution in [0.5, 0.6) is 0 Å². The Labute approximate surface area is 196 Å². The summed E-state index contributed by atoms with van der Waals surface area (Å²) in [6, 6.07) is 21.4. The summed E-state index contributed by atoms with van der Waals surface area (Å²) in [5.41, 5.74) is 2.67. The Morgan fingerprint density at radius 3 is 2.13 bits per heavy atom. The molecule has 0 radical (unpaired) electrons. The average Bonchev–Trinajstić information content (AvgIpc) is 3.24. The van der Waals surface area contributed by atoms with Crippen molar-refractivity contribution in [1.29, 1.82) is 0 Å². The van der Waals surface area contributed by atoms with Gasteiger partial charge in [-0.2, -0.15) is 0 Å². The van der Waals surface area contributed by atoms with E-state index in [1.165, 1.54) is 11.1 Å². The van der Waals surface area contributed by atoms with Crippen LogP contribution in [0.25, 0.3) is 0 Å². The van der Waals surface area contributed by atoms with Crippen LogP contribution in [-0.4, -0.2) is 40.9 Å². The molecule has 0 fully saturated rings. The molecule has 160 valence electrons. The SMILES string of the molecule is CCc1nncn1CCNC(=NC)NCCC(c1ccccc1)c1ccccc1.I. The molecule has 7 heteroatoms. The van der Waals surface area contributed by atoms with Crippen molar-refractivity contribution >= 4 is 29.9 Å². The molecule has 2 N–H and O–H groups in total. The first-order chi connectivity index (χ1) is 14.3. The molecule has 0 saturated carbocycles. The third kappa shape index (κ3) is 6.83. The van der Waals surface area contributed by atoms with Crippen molar-refractivity contribution in [3.63, 3.8) is 0 Å². The van der Waals surface area contributed by atoms with Crippen LogP contribution in [0, 0.1) is 0 Å². The van der Waals surface area contributed by atoms with E-state index in [-0.39, 0.29) is 24.0 Å². The van der Waals surface area contributed by atoms with E-state index >= 15 is 0 Å². The van der Waals surface area contributed by atoms with Crippen molar-refractivity contribution in [1.82, 2.24) is 25.4 Å². The highest BCUT2D eigenvalue weighted by Gasteiger charge is 2.13. The lowest BCUT2D eigenvalue weighted by Crippen LogP contribution is -2.39. The predicted molar refractivity (Wildman–Crippen MR) is 134 cm³/mol. The molecule has 0 unspecified atom stereocenters. The molecule has 2 aromatic carbocycles.